The van der Waals surface area contributed by atoms with Crippen LogP contribution in [0, 0.1) is 5.92 Å². The molecule has 1 aliphatic heterocycles. The number of nitrogens with one attached hydrogen (secondary N) is 2. The van der Waals surface area contributed by atoms with E-state index in [0.29, 0.717) is 0 Å². The van der Waals surface area contributed by atoms with Crippen molar-refractivity contribution in [2.24, 2.45) is 5.92 Å². The van der Waals surface area contributed by atoms with Gasteiger partial charge < -0.3 is 15.2 Å². The maximum absolute atomic E-state index is 12.3. The number of hydrogen-bond donors (Lipinski definition) is 2. The van der Waals surface area contributed by atoms with Gasteiger partial charge in [-0.05, 0) is 56.6 Å². The van der Waals surface area contributed by atoms with Crippen LogP contribution in [0.2, 0.25) is 0 Å². The summed E-state index contributed by atoms with van der Waals surface area (Å²) >= 11 is 0. The number of carbonyl (C=O) groups is 1. The van der Waals surface area contributed by atoms with Gasteiger partial charge in [-0.2, -0.15) is 0 Å². The van der Waals surface area contributed by atoms with Crippen LogP contribution in [0.4, 0.5) is 5.69 Å². The van der Waals surface area contributed by atoms with Crippen molar-refractivity contribution in [2.75, 3.05) is 18.4 Å². The summed E-state index contributed by atoms with van der Waals surface area (Å²) in [7, 11) is 0. The van der Waals surface area contributed by atoms with Crippen molar-refractivity contribution >= 4 is 34.9 Å². The Morgan fingerprint density at radius 3 is 2.82 bits per heavy atom. The van der Waals surface area contributed by atoms with Crippen LogP contribution in [-0.2, 0) is 11.3 Å². The van der Waals surface area contributed by atoms with E-state index >= 15 is 0 Å². The van der Waals surface area contributed by atoms with E-state index in [0.717, 1.165) is 44.6 Å². The van der Waals surface area contributed by atoms with Gasteiger partial charge in [0.2, 0.25) is 5.91 Å². The highest BCUT2D eigenvalue weighted by Gasteiger charge is 2.20. The Hall–Kier alpha value is -1.52. The van der Waals surface area contributed by atoms with Gasteiger partial charge in [0, 0.05) is 35.2 Å². The third-order valence-corrected chi connectivity index (χ3v) is 4.21. The molecule has 2 aromatic rings. The molecule has 2 N–H and O–H groups in total. The van der Waals surface area contributed by atoms with Gasteiger partial charge in [-0.25, -0.2) is 0 Å². The number of anilines is 1. The molecule has 22 heavy (non-hydrogen) atoms. The number of fused-ring (bicyclic) bond motifs is 1. The standard InChI is InChI=1S/C17H23N3O.ClH/c1-2-10-20-11-7-14-12-15(3-4-16(14)20)19-17(21)13-5-8-18-9-6-13;/h3-4,7,11-13,18H,2,5-6,8-10H2,1H3,(H,19,21);1H. The van der Waals surface area contributed by atoms with Crippen molar-refractivity contribution in [1.82, 2.24) is 9.88 Å². The molecule has 0 unspecified atom stereocenters. The van der Waals surface area contributed by atoms with Crippen molar-refractivity contribution in [1.29, 1.82) is 0 Å². The first kappa shape index (κ1) is 16.8. The minimum Gasteiger partial charge on any atom is -0.347 e. The van der Waals surface area contributed by atoms with Crippen molar-refractivity contribution in [3.8, 4) is 0 Å². The molecule has 4 nitrogen and oxygen atoms in total. The van der Waals surface area contributed by atoms with Gasteiger partial charge in [0.1, 0.15) is 0 Å². The molecule has 120 valence electrons. The second-order valence-electron chi connectivity index (χ2n) is 5.80. The zero-order valence-corrected chi connectivity index (χ0v) is 13.8. The van der Waals surface area contributed by atoms with Crippen LogP contribution in [0.3, 0.4) is 0 Å². The summed E-state index contributed by atoms with van der Waals surface area (Å²) in [5.74, 6) is 0.301. The van der Waals surface area contributed by atoms with Crippen molar-refractivity contribution in [2.45, 2.75) is 32.7 Å². The number of benzene rings is 1. The monoisotopic (exact) mass is 321 g/mol. The number of halogens is 1. The molecule has 0 radical (unpaired) electrons. The number of amides is 1. The summed E-state index contributed by atoms with van der Waals surface area (Å²) in [6.45, 7) is 5.09. The average molecular weight is 322 g/mol. The fourth-order valence-corrected chi connectivity index (χ4v) is 3.04. The first-order chi connectivity index (χ1) is 10.3. The summed E-state index contributed by atoms with van der Waals surface area (Å²) in [6.07, 6.45) is 5.10. The quantitative estimate of drug-likeness (QED) is 0.906. The van der Waals surface area contributed by atoms with Gasteiger partial charge in [0.15, 0.2) is 0 Å². The van der Waals surface area contributed by atoms with E-state index in [-0.39, 0.29) is 24.2 Å². The maximum Gasteiger partial charge on any atom is 0.227 e. The second-order valence-corrected chi connectivity index (χ2v) is 5.80. The van der Waals surface area contributed by atoms with Crippen molar-refractivity contribution < 1.29 is 4.79 Å². The van der Waals surface area contributed by atoms with Gasteiger partial charge >= 0.3 is 0 Å². The molecule has 0 bridgehead atoms. The van der Waals surface area contributed by atoms with Gasteiger partial charge in [0.05, 0.1) is 0 Å². The normalized spacial score (nSPS) is 15.5. The molecule has 3 rings (SSSR count). The first-order valence-electron chi connectivity index (χ1n) is 7.88. The summed E-state index contributed by atoms with van der Waals surface area (Å²) in [5.41, 5.74) is 2.14. The zero-order chi connectivity index (χ0) is 14.7. The Kier molecular flexibility index (Phi) is 5.86. The van der Waals surface area contributed by atoms with Crippen LogP contribution < -0.4 is 10.6 Å². The van der Waals surface area contributed by atoms with E-state index < -0.39 is 0 Å². The molecule has 0 atom stereocenters. The van der Waals surface area contributed by atoms with Crippen molar-refractivity contribution in [3.63, 3.8) is 0 Å². The molecule has 1 fully saturated rings. The SMILES string of the molecule is CCCn1ccc2cc(NC(=O)C3CCNCC3)ccc21.Cl. The highest BCUT2D eigenvalue weighted by molar-refractivity contribution is 5.95. The Balaban J connectivity index is 0.00000176. The predicted octanol–water partition coefficient (Wildman–Crippen LogP) is 3.41. The molecule has 0 spiro atoms. The lowest BCUT2D eigenvalue weighted by atomic mass is 9.97. The Morgan fingerprint density at radius 2 is 2.09 bits per heavy atom. The lowest BCUT2D eigenvalue weighted by Gasteiger charge is -2.21. The molecule has 5 heteroatoms. The minimum absolute atomic E-state index is 0. The van der Waals surface area contributed by atoms with E-state index in [4.69, 9.17) is 0 Å². The number of hydrogen-bond acceptors (Lipinski definition) is 2. The first-order valence-corrected chi connectivity index (χ1v) is 7.88. The molecule has 2 heterocycles. The lowest BCUT2D eigenvalue weighted by molar-refractivity contribution is -0.120. The molecule has 0 saturated carbocycles. The molecule has 1 aliphatic rings. The van der Waals surface area contributed by atoms with Crippen LogP contribution in [0.5, 0.6) is 0 Å². The van der Waals surface area contributed by atoms with E-state index in [9.17, 15) is 4.79 Å². The number of aromatic nitrogens is 1. The van der Waals surface area contributed by atoms with E-state index in [1.54, 1.807) is 0 Å². The number of carbonyl (C=O) groups excluding carboxylic acids is 1. The number of aryl methyl sites for hydroxylation is 1. The number of piperidine rings is 1. The van der Waals surface area contributed by atoms with Gasteiger partial charge in [-0.15, -0.1) is 12.4 Å². The van der Waals surface area contributed by atoms with E-state index in [2.05, 4.69) is 46.5 Å². The summed E-state index contributed by atoms with van der Waals surface area (Å²) < 4.78 is 2.26. The third-order valence-electron chi connectivity index (χ3n) is 4.21. The van der Waals surface area contributed by atoms with Crippen LogP contribution in [0.1, 0.15) is 26.2 Å². The maximum atomic E-state index is 12.3. The third kappa shape index (κ3) is 3.62. The molecule has 1 aromatic carbocycles. The lowest BCUT2D eigenvalue weighted by Crippen LogP contribution is -2.34. The van der Waals surface area contributed by atoms with Gasteiger partial charge in [-0.1, -0.05) is 6.92 Å². The molecular weight excluding hydrogens is 298 g/mol. The van der Waals surface area contributed by atoms with Gasteiger partial charge in [0.25, 0.3) is 0 Å². The number of nitrogens with zero attached hydrogens (tertiary/aromatic N) is 1. The predicted molar refractivity (Wildman–Crippen MR) is 93.7 cm³/mol. The van der Waals surface area contributed by atoms with Crippen LogP contribution >= 0.6 is 12.4 Å². The summed E-state index contributed by atoms with van der Waals surface area (Å²) in [4.78, 5) is 12.3. The summed E-state index contributed by atoms with van der Waals surface area (Å²) in [5, 5.41) is 7.55. The molecule has 1 aromatic heterocycles. The van der Waals surface area contributed by atoms with Gasteiger partial charge in [-0.3, -0.25) is 4.79 Å². The topological polar surface area (TPSA) is 46.1 Å². The van der Waals surface area contributed by atoms with Crippen LogP contribution in [-0.4, -0.2) is 23.6 Å². The highest BCUT2D eigenvalue weighted by atomic mass is 35.5. The second kappa shape index (κ2) is 7.65. The van der Waals surface area contributed by atoms with E-state index in [1.165, 1.54) is 10.9 Å². The zero-order valence-electron chi connectivity index (χ0n) is 13.0. The minimum atomic E-state index is 0. The Morgan fingerprint density at radius 1 is 1.32 bits per heavy atom. The average Bonchev–Trinajstić information content (AvgIpc) is 2.91. The van der Waals surface area contributed by atoms with Crippen LogP contribution in [0.25, 0.3) is 10.9 Å². The molecule has 1 amide bonds. The molecule has 0 aliphatic carbocycles. The van der Waals surface area contributed by atoms with E-state index in [1.807, 2.05) is 6.07 Å². The fraction of sp³-hybridized carbons (Fsp3) is 0.471. The highest BCUT2D eigenvalue weighted by Crippen LogP contribution is 2.22. The van der Waals surface area contributed by atoms with Crippen LogP contribution in [0.15, 0.2) is 30.5 Å². The smallest absolute Gasteiger partial charge is 0.227 e. The Bertz CT molecular complexity index is 632. The summed E-state index contributed by atoms with van der Waals surface area (Å²) in [6, 6.07) is 8.29. The van der Waals surface area contributed by atoms with Crippen molar-refractivity contribution in [3.05, 3.63) is 30.5 Å². The largest absolute Gasteiger partial charge is 0.347 e. The molecule has 1 saturated heterocycles. The molecular formula is C17H24ClN3O. The Labute approximate surface area is 137 Å². The number of rotatable bonds is 4. The fourth-order valence-electron chi connectivity index (χ4n) is 3.04.